The van der Waals surface area contributed by atoms with E-state index >= 15 is 0 Å². The molecule has 1 saturated heterocycles. The van der Waals surface area contributed by atoms with Crippen molar-refractivity contribution in [1.82, 2.24) is 4.90 Å². The van der Waals surface area contributed by atoms with E-state index in [9.17, 15) is 4.79 Å². The number of amides is 1. The molecule has 30 heavy (non-hydrogen) atoms. The van der Waals surface area contributed by atoms with Crippen molar-refractivity contribution in [2.45, 2.75) is 51.7 Å². The van der Waals surface area contributed by atoms with E-state index in [2.05, 4.69) is 70.0 Å². The van der Waals surface area contributed by atoms with E-state index < -0.39 is 5.60 Å². The third kappa shape index (κ3) is 4.85. The largest absolute Gasteiger partial charge is 0.490 e. The molecule has 0 aliphatic carbocycles. The molecule has 2 heterocycles. The summed E-state index contributed by atoms with van der Waals surface area (Å²) in [7, 11) is 0. The zero-order valence-corrected chi connectivity index (χ0v) is 20.0. The maximum atomic E-state index is 12.3. The number of carbonyl (C=O) groups is 1. The summed E-state index contributed by atoms with van der Waals surface area (Å²) in [6.07, 6.45) is 2.53. The van der Waals surface area contributed by atoms with Crippen LogP contribution in [0.5, 0.6) is 5.75 Å². The maximum absolute atomic E-state index is 12.3. The van der Waals surface area contributed by atoms with Crippen molar-refractivity contribution in [1.29, 1.82) is 0 Å². The number of piperidine rings is 1. The van der Waals surface area contributed by atoms with Crippen molar-refractivity contribution >= 4 is 40.1 Å². The van der Waals surface area contributed by atoms with E-state index in [1.54, 1.807) is 4.90 Å². The first-order valence-corrected chi connectivity index (χ1v) is 11.7. The van der Waals surface area contributed by atoms with E-state index in [0.717, 1.165) is 31.6 Å². The van der Waals surface area contributed by atoms with Crippen LogP contribution in [0.1, 0.15) is 39.2 Å². The second kappa shape index (κ2) is 8.65. The molecule has 2 aromatic rings. The lowest BCUT2D eigenvalue weighted by molar-refractivity contribution is 0.0126. The number of hydrogen-bond acceptors (Lipinski definition) is 4. The number of fused-ring (bicyclic) bond motifs is 1. The van der Waals surface area contributed by atoms with Gasteiger partial charge in [-0.1, -0.05) is 6.07 Å². The Bertz CT molecular complexity index is 900. The standard InChI is InChI=1S/C24H29IN2O3/c1-24(2,3)30-23(28)26-14-11-19(12-15-26)29-22-6-4-5-21-20(22)13-16-27(21)18-9-7-17(25)8-10-18/h4-10,19H,11-16H2,1-3H3. The summed E-state index contributed by atoms with van der Waals surface area (Å²) in [4.78, 5) is 16.4. The molecule has 160 valence electrons. The van der Waals surface area contributed by atoms with Crippen LogP contribution in [-0.2, 0) is 11.2 Å². The minimum absolute atomic E-state index is 0.127. The minimum atomic E-state index is -0.460. The summed E-state index contributed by atoms with van der Waals surface area (Å²) < 4.78 is 13.2. The van der Waals surface area contributed by atoms with Crippen LogP contribution in [0.25, 0.3) is 0 Å². The number of nitrogens with zero attached hydrogens (tertiary/aromatic N) is 2. The van der Waals surface area contributed by atoms with Crippen LogP contribution < -0.4 is 9.64 Å². The highest BCUT2D eigenvalue weighted by molar-refractivity contribution is 14.1. The summed E-state index contributed by atoms with van der Waals surface area (Å²) in [5, 5.41) is 0. The number of likely N-dealkylation sites (tertiary alicyclic amines) is 1. The molecular formula is C24H29IN2O3. The summed E-state index contributed by atoms with van der Waals surface area (Å²) in [6.45, 7) is 8.00. The van der Waals surface area contributed by atoms with Gasteiger partial charge in [-0.25, -0.2) is 4.79 Å². The van der Waals surface area contributed by atoms with Crippen molar-refractivity contribution in [3.8, 4) is 5.75 Å². The molecule has 0 radical (unpaired) electrons. The maximum Gasteiger partial charge on any atom is 0.410 e. The number of rotatable bonds is 3. The van der Waals surface area contributed by atoms with Gasteiger partial charge in [0.1, 0.15) is 17.5 Å². The first-order valence-electron chi connectivity index (χ1n) is 10.6. The third-order valence-corrected chi connectivity index (χ3v) is 6.23. The van der Waals surface area contributed by atoms with Crippen molar-refractivity contribution in [3.05, 3.63) is 51.6 Å². The van der Waals surface area contributed by atoms with Crippen molar-refractivity contribution in [2.75, 3.05) is 24.5 Å². The van der Waals surface area contributed by atoms with Crippen LogP contribution in [0.15, 0.2) is 42.5 Å². The van der Waals surface area contributed by atoms with E-state index in [1.165, 1.54) is 20.5 Å². The van der Waals surface area contributed by atoms with Gasteiger partial charge in [0.05, 0.1) is 0 Å². The van der Waals surface area contributed by atoms with E-state index in [1.807, 2.05) is 20.8 Å². The first-order chi connectivity index (χ1) is 14.3. The zero-order chi connectivity index (χ0) is 21.3. The molecular weight excluding hydrogens is 491 g/mol. The number of anilines is 2. The fourth-order valence-corrected chi connectivity index (χ4v) is 4.42. The van der Waals surface area contributed by atoms with Gasteiger partial charge >= 0.3 is 6.09 Å². The molecule has 2 aliphatic heterocycles. The van der Waals surface area contributed by atoms with E-state index in [0.29, 0.717) is 13.1 Å². The summed E-state index contributed by atoms with van der Waals surface area (Å²) >= 11 is 2.34. The molecule has 4 rings (SSSR count). The van der Waals surface area contributed by atoms with Crippen molar-refractivity contribution in [3.63, 3.8) is 0 Å². The van der Waals surface area contributed by atoms with Crippen molar-refractivity contribution in [2.24, 2.45) is 0 Å². The van der Waals surface area contributed by atoms with Crippen LogP contribution in [-0.4, -0.2) is 42.3 Å². The summed E-state index contributed by atoms with van der Waals surface area (Å²) in [5.41, 5.74) is 3.28. The van der Waals surface area contributed by atoms with Crippen molar-refractivity contribution < 1.29 is 14.3 Å². The number of carbonyl (C=O) groups excluding carboxylic acids is 1. The zero-order valence-electron chi connectivity index (χ0n) is 17.9. The van der Waals surface area contributed by atoms with Gasteiger partial charge in [-0.3, -0.25) is 0 Å². The molecule has 0 atom stereocenters. The van der Waals surface area contributed by atoms with Crippen LogP contribution in [0, 0.1) is 3.57 Å². The predicted octanol–water partition coefficient (Wildman–Crippen LogP) is 5.76. The Morgan fingerprint density at radius 2 is 1.73 bits per heavy atom. The lowest BCUT2D eigenvalue weighted by atomic mass is 10.1. The topological polar surface area (TPSA) is 42.0 Å². The highest BCUT2D eigenvalue weighted by atomic mass is 127. The number of hydrogen-bond donors (Lipinski definition) is 0. The van der Waals surface area contributed by atoms with Gasteiger partial charge in [0.25, 0.3) is 0 Å². The molecule has 2 aromatic carbocycles. The van der Waals surface area contributed by atoms with Gasteiger partial charge in [0, 0.05) is 53.0 Å². The molecule has 0 spiro atoms. The lowest BCUT2D eigenvalue weighted by Gasteiger charge is -2.33. The fraction of sp³-hybridized carbons (Fsp3) is 0.458. The second-order valence-corrected chi connectivity index (χ2v) is 10.2. The molecule has 0 bridgehead atoms. The van der Waals surface area contributed by atoms with Gasteiger partial charge in [-0.05, 0) is 86.2 Å². The normalized spacial score (nSPS) is 17.1. The average molecular weight is 520 g/mol. The molecule has 1 amide bonds. The van der Waals surface area contributed by atoms with E-state index in [-0.39, 0.29) is 12.2 Å². The Kier molecular flexibility index (Phi) is 6.14. The van der Waals surface area contributed by atoms with Gasteiger partial charge in [-0.2, -0.15) is 0 Å². The predicted molar refractivity (Wildman–Crippen MR) is 128 cm³/mol. The second-order valence-electron chi connectivity index (χ2n) is 8.92. The summed E-state index contributed by atoms with van der Waals surface area (Å²) in [6, 6.07) is 15.0. The smallest absolute Gasteiger partial charge is 0.410 e. The van der Waals surface area contributed by atoms with Crippen LogP contribution in [0.3, 0.4) is 0 Å². The Balaban J connectivity index is 1.40. The molecule has 0 saturated carbocycles. The molecule has 1 fully saturated rings. The third-order valence-electron chi connectivity index (χ3n) is 5.51. The molecule has 2 aliphatic rings. The highest BCUT2D eigenvalue weighted by Gasteiger charge is 2.29. The average Bonchev–Trinajstić information content (AvgIpc) is 3.13. The molecule has 0 N–H and O–H groups in total. The Morgan fingerprint density at radius 3 is 2.40 bits per heavy atom. The minimum Gasteiger partial charge on any atom is -0.490 e. The molecule has 5 nitrogen and oxygen atoms in total. The Labute approximate surface area is 192 Å². The molecule has 0 aromatic heterocycles. The van der Waals surface area contributed by atoms with Crippen LogP contribution in [0.4, 0.5) is 16.2 Å². The quantitative estimate of drug-likeness (QED) is 0.483. The van der Waals surface area contributed by atoms with Gasteiger partial charge in [-0.15, -0.1) is 0 Å². The molecule has 0 unspecified atom stereocenters. The van der Waals surface area contributed by atoms with Gasteiger partial charge in [0.2, 0.25) is 0 Å². The highest BCUT2D eigenvalue weighted by Crippen LogP contribution is 2.40. The SMILES string of the molecule is CC(C)(C)OC(=O)N1CCC(Oc2cccc3c2CCN3c2ccc(I)cc2)CC1. The number of ether oxygens (including phenoxy) is 2. The van der Waals surface area contributed by atoms with Gasteiger partial charge in [0.15, 0.2) is 0 Å². The Morgan fingerprint density at radius 1 is 1.03 bits per heavy atom. The number of halogens is 1. The lowest BCUT2D eigenvalue weighted by Crippen LogP contribution is -2.44. The molecule has 6 heteroatoms. The van der Waals surface area contributed by atoms with Crippen LogP contribution in [0.2, 0.25) is 0 Å². The van der Waals surface area contributed by atoms with Gasteiger partial charge < -0.3 is 19.3 Å². The summed E-state index contributed by atoms with van der Waals surface area (Å²) in [5.74, 6) is 0.983. The monoisotopic (exact) mass is 520 g/mol. The number of benzene rings is 2. The Hall–Kier alpha value is -1.96. The first kappa shape index (κ1) is 21.3. The fourth-order valence-electron chi connectivity index (χ4n) is 4.06. The van der Waals surface area contributed by atoms with E-state index in [4.69, 9.17) is 9.47 Å². The van der Waals surface area contributed by atoms with Crippen LogP contribution >= 0.6 is 22.6 Å².